The van der Waals surface area contributed by atoms with Crippen molar-refractivity contribution in [2.24, 2.45) is 0 Å². The fourth-order valence-electron chi connectivity index (χ4n) is 3.87. The number of hydrogen-bond donors (Lipinski definition) is 0. The van der Waals surface area contributed by atoms with Crippen LogP contribution in [0.2, 0.25) is 13.3 Å². The van der Waals surface area contributed by atoms with E-state index in [4.69, 9.17) is 0 Å². The van der Waals surface area contributed by atoms with Crippen LogP contribution in [0.4, 0.5) is 0 Å². The van der Waals surface area contributed by atoms with Gasteiger partial charge in [-0.15, -0.1) is 0 Å². The molecular formula is C21H44N2Sn. The average Bonchev–Trinajstić information content (AvgIpc) is 2.61. The predicted molar refractivity (Wildman–Crippen MR) is 113 cm³/mol. The van der Waals surface area contributed by atoms with Gasteiger partial charge in [0.25, 0.3) is 0 Å². The Labute approximate surface area is 156 Å². The van der Waals surface area contributed by atoms with Gasteiger partial charge in [0.05, 0.1) is 0 Å². The zero-order valence-electron chi connectivity index (χ0n) is 17.2. The zero-order valence-corrected chi connectivity index (χ0v) is 20.0. The van der Waals surface area contributed by atoms with Crippen molar-refractivity contribution in [1.82, 2.24) is 9.80 Å². The van der Waals surface area contributed by atoms with Crippen molar-refractivity contribution in [1.29, 1.82) is 0 Å². The van der Waals surface area contributed by atoms with E-state index in [1.165, 1.54) is 77.7 Å². The van der Waals surface area contributed by atoms with Crippen LogP contribution in [0.25, 0.3) is 0 Å². The third-order valence-electron chi connectivity index (χ3n) is 5.76. The van der Waals surface area contributed by atoms with Gasteiger partial charge in [0.2, 0.25) is 0 Å². The van der Waals surface area contributed by atoms with Gasteiger partial charge in [0.1, 0.15) is 0 Å². The molecule has 1 fully saturated rings. The molecule has 0 radical (unpaired) electrons. The molecule has 0 atom stereocenters. The molecule has 1 aliphatic rings. The average molecular weight is 443 g/mol. The van der Waals surface area contributed by atoms with Gasteiger partial charge in [-0.05, 0) is 0 Å². The van der Waals surface area contributed by atoms with Crippen molar-refractivity contribution in [2.75, 3.05) is 39.8 Å². The standard InChI is InChI=1S/C9H17N2.3C4H9.Sn/c1-3-4-5-11-8-6-10(2)7-9-11;3*1-3-4-2;/h1,3H,4-9H2,2H3;3*1,3-4H2,2H3;. The van der Waals surface area contributed by atoms with E-state index in [1.807, 2.05) is 0 Å². The number of piperazine rings is 1. The second-order valence-electron chi connectivity index (χ2n) is 8.01. The predicted octanol–water partition coefficient (Wildman–Crippen LogP) is 5.57. The molecule has 0 aromatic rings. The monoisotopic (exact) mass is 444 g/mol. The molecule has 0 N–H and O–H groups in total. The minimum absolute atomic E-state index is 1.25. The Kier molecular flexibility index (Phi) is 12.8. The molecule has 1 aliphatic heterocycles. The summed E-state index contributed by atoms with van der Waals surface area (Å²) < 4.78 is 7.67. The van der Waals surface area contributed by atoms with Gasteiger partial charge in [-0.1, -0.05) is 0 Å². The van der Waals surface area contributed by atoms with E-state index >= 15 is 0 Å². The van der Waals surface area contributed by atoms with Crippen LogP contribution >= 0.6 is 0 Å². The molecular weight excluding hydrogens is 399 g/mol. The molecule has 142 valence electrons. The summed E-state index contributed by atoms with van der Waals surface area (Å²) in [6, 6.07) is 0. The molecule has 2 nitrogen and oxygen atoms in total. The third-order valence-corrected chi connectivity index (χ3v) is 20.0. The quantitative estimate of drug-likeness (QED) is 0.344. The molecule has 1 heterocycles. The zero-order chi connectivity index (χ0) is 17.7. The van der Waals surface area contributed by atoms with Crippen LogP contribution in [0.3, 0.4) is 0 Å². The second kappa shape index (κ2) is 13.6. The van der Waals surface area contributed by atoms with Crippen molar-refractivity contribution in [3.8, 4) is 0 Å². The maximum atomic E-state index is 2.85. The van der Waals surface area contributed by atoms with Crippen LogP contribution in [0.15, 0.2) is 10.2 Å². The molecule has 0 aliphatic carbocycles. The molecule has 0 aromatic carbocycles. The number of nitrogens with zero attached hydrogens (tertiary/aromatic N) is 2. The molecule has 1 rings (SSSR count). The number of unbranched alkanes of at least 4 members (excludes halogenated alkanes) is 3. The summed E-state index contributed by atoms with van der Waals surface area (Å²) in [7, 11) is 2.25. The van der Waals surface area contributed by atoms with E-state index in [1.54, 1.807) is 13.3 Å². The maximum absolute atomic E-state index is 2.85. The van der Waals surface area contributed by atoms with Crippen LogP contribution in [-0.4, -0.2) is 67.9 Å². The fraction of sp³-hybridized carbons (Fsp3) is 0.905. The van der Waals surface area contributed by atoms with E-state index in [9.17, 15) is 0 Å². The topological polar surface area (TPSA) is 6.48 Å². The Bertz CT molecular complexity index is 300. The molecule has 3 heteroatoms. The Balaban J connectivity index is 2.52. The third kappa shape index (κ3) is 9.24. The van der Waals surface area contributed by atoms with Gasteiger partial charge < -0.3 is 0 Å². The van der Waals surface area contributed by atoms with Crippen LogP contribution < -0.4 is 0 Å². The second-order valence-corrected chi connectivity index (χ2v) is 21.0. The summed E-state index contributed by atoms with van der Waals surface area (Å²) in [4.78, 5) is 5.11. The van der Waals surface area contributed by atoms with E-state index in [0.29, 0.717) is 0 Å². The molecule has 24 heavy (non-hydrogen) atoms. The summed E-state index contributed by atoms with van der Waals surface area (Å²) in [5.74, 6) is 0. The van der Waals surface area contributed by atoms with Crippen LogP contribution in [0.5, 0.6) is 0 Å². The summed E-state index contributed by atoms with van der Waals surface area (Å²) in [6.07, 6.45) is 12.5. The van der Waals surface area contributed by atoms with E-state index in [2.05, 4.69) is 47.8 Å². The summed E-state index contributed by atoms with van der Waals surface area (Å²) in [5.41, 5.74) is 0. The molecule has 0 aromatic heterocycles. The van der Waals surface area contributed by atoms with Gasteiger partial charge >= 0.3 is 157 Å². The fourth-order valence-corrected chi connectivity index (χ4v) is 18.4. The normalized spacial score (nSPS) is 17.8. The van der Waals surface area contributed by atoms with Crippen LogP contribution in [0, 0.1) is 0 Å². The number of rotatable bonds is 13. The van der Waals surface area contributed by atoms with Crippen LogP contribution in [0.1, 0.15) is 65.7 Å². The van der Waals surface area contributed by atoms with Crippen molar-refractivity contribution < 1.29 is 0 Å². The van der Waals surface area contributed by atoms with E-state index < -0.39 is 18.4 Å². The van der Waals surface area contributed by atoms with Crippen LogP contribution in [-0.2, 0) is 0 Å². The Morgan fingerprint density at radius 1 is 0.792 bits per heavy atom. The Morgan fingerprint density at radius 3 is 1.75 bits per heavy atom. The van der Waals surface area contributed by atoms with Crippen molar-refractivity contribution >= 4 is 18.4 Å². The first kappa shape index (κ1) is 22.5. The van der Waals surface area contributed by atoms with E-state index in [-0.39, 0.29) is 0 Å². The van der Waals surface area contributed by atoms with E-state index in [0.717, 1.165) is 0 Å². The SMILES string of the molecule is CCC[CH2][Sn](/[CH]=C/CCN1CCN(C)CC1)([CH2]CCC)[CH2]CCC. The number of hydrogen-bond acceptors (Lipinski definition) is 2. The van der Waals surface area contributed by atoms with Gasteiger partial charge in [-0.25, -0.2) is 0 Å². The van der Waals surface area contributed by atoms with Crippen molar-refractivity contribution in [3.05, 3.63) is 10.2 Å². The van der Waals surface area contributed by atoms with Crippen molar-refractivity contribution in [2.45, 2.75) is 79.0 Å². The van der Waals surface area contributed by atoms with Gasteiger partial charge in [-0.2, -0.15) is 0 Å². The van der Waals surface area contributed by atoms with Gasteiger partial charge in [0, 0.05) is 0 Å². The van der Waals surface area contributed by atoms with Crippen molar-refractivity contribution in [3.63, 3.8) is 0 Å². The van der Waals surface area contributed by atoms with Gasteiger partial charge in [0.15, 0.2) is 0 Å². The Morgan fingerprint density at radius 2 is 1.29 bits per heavy atom. The first-order chi connectivity index (χ1) is 11.7. The summed E-state index contributed by atoms with van der Waals surface area (Å²) in [5, 5.41) is 0. The first-order valence-corrected chi connectivity index (χ1v) is 18.4. The summed E-state index contributed by atoms with van der Waals surface area (Å²) in [6.45, 7) is 13.4. The summed E-state index contributed by atoms with van der Waals surface area (Å²) >= 11 is -2.01. The van der Waals surface area contributed by atoms with Gasteiger partial charge in [-0.3, -0.25) is 0 Å². The molecule has 0 unspecified atom stereocenters. The first-order valence-electron chi connectivity index (χ1n) is 10.7. The molecule has 1 saturated heterocycles. The number of likely N-dealkylation sites (N-methyl/N-ethyl adjacent to an activating group) is 1. The minimum atomic E-state index is -2.01. The molecule has 0 saturated carbocycles. The Hall–Kier alpha value is 0.459. The molecule has 0 bridgehead atoms. The molecule has 0 spiro atoms. The molecule has 0 amide bonds.